The van der Waals surface area contributed by atoms with Crippen LogP contribution >= 0.6 is 24.0 Å². The van der Waals surface area contributed by atoms with Crippen molar-refractivity contribution >= 4 is 41.5 Å². The monoisotopic (exact) mass is 400 g/mol. The molecule has 1 rings (SSSR count). The zero-order chi connectivity index (χ0) is 15.2. The van der Waals surface area contributed by atoms with Crippen LogP contribution in [0.4, 0.5) is 5.69 Å². The molecule has 1 aromatic rings. The average molecular weight is 400 g/mol. The lowest BCUT2D eigenvalue weighted by Crippen LogP contribution is -2.45. The summed E-state index contributed by atoms with van der Waals surface area (Å²) in [6.07, 6.45) is 5.30. The largest absolute Gasteiger partial charge is 0.370 e. The minimum Gasteiger partial charge on any atom is -0.370 e. The van der Waals surface area contributed by atoms with Gasteiger partial charge >= 0.3 is 0 Å². The fraction of sp³-hybridized carbons (Fsp3) is 0.333. The first kappa shape index (κ1) is 19.2. The average Bonchev–Trinajstić information content (AvgIpc) is 2.34. The van der Waals surface area contributed by atoms with E-state index >= 15 is 0 Å². The first-order chi connectivity index (χ1) is 9.30. The van der Waals surface area contributed by atoms with Gasteiger partial charge in [-0.15, -0.1) is 30.4 Å². The fourth-order valence-corrected chi connectivity index (χ4v) is 1.47. The van der Waals surface area contributed by atoms with E-state index in [1.165, 1.54) is 0 Å². The summed E-state index contributed by atoms with van der Waals surface area (Å²) in [6.45, 7) is 5.83. The van der Waals surface area contributed by atoms with Crippen molar-refractivity contribution in [1.29, 1.82) is 0 Å². The molecule has 1 amide bonds. The van der Waals surface area contributed by atoms with E-state index in [9.17, 15) is 4.79 Å². The van der Waals surface area contributed by atoms with Gasteiger partial charge in [0.05, 0.1) is 0 Å². The number of anilines is 1. The molecule has 21 heavy (non-hydrogen) atoms. The number of amides is 1. The molecular formula is C15H21IN4O. The lowest BCUT2D eigenvalue weighted by atomic mass is 10.1. The molecule has 0 atom stereocenters. The van der Waals surface area contributed by atoms with Crippen LogP contribution in [0.3, 0.4) is 0 Å². The number of nitrogens with one attached hydrogen (secondary N) is 2. The topological polar surface area (TPSA) is 79.5 Å². The van der Waals surface area contributed by atoms with Crippen LogP contribution < -0.4 is 16.4 Å². The number of carbonyl (C=O) groups excluding carboxylic acids is 1. The number of rotatable bonds is 3. The second kappa shape index (κ2) is 8.52. The second-order valence-corrected chi connectivity index (χ2v) is 5.35. The predicted molar refractivity (Wildman–Crippen MR) is 97.8 cm³/mol. The molecule has 0 aromatic heterocycles. The molecule has 0 spiro atoms. The van der Waals surface area contributed by atoms with Crippen LogP contribution in [0.5, 0.6) is 0 Å². The van der Waals surface area contributed by atoms with Gasteiger partial charge in [0.1, 0.15) is 6.54 Å². The summed E-state index contributed by atoms with van der Waals surface area (Å²) in [7, 11) is 0. The summed E-state index contributed by atoms with van der Waals surface area (Å²) in [5.41, 5.74) is 6.84. The van der Waals surface area contributed by atoms with Crippen LogP contribution in [-0.4, -0.2) is 24.0 Å². The zero-order valence-electron chi connectivity index (χ0n) is 12.4. The Hall–Kier alpha value is -1.75. The first-order valence-corrected chi connectivity index (χ1v) is 6.25. The Labute approximate surface area is 142 Å². The van der Waals surface area contributed by atoms with E-state index in [0.29, 0.717) is 11.3 Å². The van der Waals surface area contributed by atoms with E-state index in [4.69, 9.17) is 12.2 Å². The smallest absolute Gasteiger partial charge is 0.246 e. The van der Waals surface area contributed by atoms with E-state index in [2.05, 4.69) is 21.5 Å². The Kier molecular flexibility index (Phi) is 7.81. The van der Waals surface area contributed by atoms with Crippen molar-refractivity contribution < 1.29 is 4.79 Å². The third-order valence-corrected chi connectivity index (χ3v) is 2.21. The summed E-state index contributed by atoms with van der Waals surface area (Å²) in [6, 6.07) is 7.06. The maximum absolute atomic E-state index is 11.7. The summed E-state index contributed by atoms with van der Waals surface area (Å²) >= 11 is 0. The number of aliphatic imine (C=N–C) groups is 1. The number of benzene rings is 1. The van der Waals surface area contributed by atoms with Crippen molar-refractivity contribution in [1.82, 2.24) is 5.32 Å². The Morgan fingerprint density at radius 3 is 2.67 bits per heavy atom. The highest BCUT2D eigenvalue weighted by molar-refractivity contribution is 14.0. The quantitative estimate of drug-likeness (QED) is 0.314. The highest BCUT2D eigenvalue weighted by Crippen LogP contribution is 2.09. The van der Waals surface area contributed by atoms with Crippen molar-refractivity contribution in [2.75, 3.05) is 11.9 Å². The number of guanidine groups is 1. The molecule has 0 aliphatic heterocycles. The summed E-state index contributed by atoms with van der Waals surface area (Å²) < 4.78 is 0. The van der Waals surface area contributed by atoms with Crippen molar-refractivity contribution in [3.05, 3.63) is 29.8 Å². The normalized spacial score (nSPS) is 11.0. The highest BCUT2D eigenvalue weighted by Gasteiger charge is 2.10. The maximum Gasteiger partial charge on any atom is 0.246 e. The molecule has 114 valence electrons. The van der Waals surface area contributed by atoms with E-state index in [0.717, 1.165) is 0 Å². The van der Waals surface area contributed by atoms with Crippen LogP contribution in [0.15, 0.2) is 29.3 Å². The molecule has 4 N–H and O–H groups in total. The predicted octanol–water partition coefficient (Wildman–Crippen LogP) is 1.93. The van der Waals surface area contributed by atoms with Crippen molar-refractivity contribution in [2.24, 2.45) is 10.7 Å². The molecule has 6 heteroatoms. The van der Waals surface area contributed by atoms with Crippen LogP contribution in [0, 0.1) is 12.3 Å². The minimum atomic E-state index is -0.252. The number of carbonyl (C=O) groups is 1. The fourth-order valence-electron chi connectivity index (χ4n) is 1.47. The van der Waals surface area contributed by atoms with Gasteiger partial charge in [0.15, 0.2) is 5.96 Å². The van der Waals surface area contributed by atoms with Crippen LogP contribution in [0.2, 0.25) is 0 Å². The lowest BCUT2D eigenvalue weighted by molar-refractivity contribution is -0.114. The van der Waals surface area contributed by atoms with Crippen molar-refractivity contribution in [3.63, 3.8) is 0 Å². The molecule has 0 saturated carbocycles. The van der Waals surface area contributed by atoms with E-state index in [1.54, 1.807) is 24.3 Å². The van der Waals surface area contributed by atoms with Crippen LogP contribution in [-0.2, 0) is 4.79 Å². The number of nitrogens with two attached hydrogens (primary N) is 1. The number of halogens is 1. The van der Waals surface area contributed by atoms with Crippen molar-refractivity contribution in [3.8, 4) is 12.3 Å². The molecule has 0 unspecified atom stereocenters. The first-order valence-electron chi connectivity index (χ1n) is 6.25. The van der Waals surface area contributed by atoms with Crippen LogP contribution in [0.25, 0.3) is 0 Å². The standard InChI is InChI=1S/C15H20N4O.HI/c1-5-11-7-6-8-12(9-11)18-13(20)10-17-14(16)19-15(2,3)4;/h1,6-9H,10H2,2-4H3,(H,18,20)(H3,16,17,19);1H. The SMILES string of the molecule is C#Cc1cccc(NC(=O)CN=C(N)NC(C)(C)C)c1.I. The van der Waals surface area contributed by atoms with Gasteiger partial charge in [-0.3, -0.25) is 4.79 Å². The summed E-state index contributed by atoms with van der Waals surface area (Å²) in [5.74, 6) is 2.50. The lowest BCUT2D eigenvalue weighted by Gasteiger charge is -2.20. The third-order valence-electron chi connectivity index (χ3n) is 2.21. The Morgan fingerprint density at radius 2 is 2.10 bits per heavy atom. The minimum absolute atomic E-state index is 0. The number of terminal acetylenes is 1. The van der Waals surface area contributed by atoms with Gasteiger partial charge in [0, 0.05) is 16.8 Å². The molecular weight excluding hydrogens is 379 g/mol. The highest BCUT2D eigenvalue weighted by atomic mass is 127. The molecule has 0 fully saturated rings. The molecule has 0 saturated heterocycles. The Bertz CT molecular complexity index is 556. The Morgan fingerprint density at radius 1 is 1.43 bits per heavy atom. The molecule has 0 bridgehead atoms. The van der Waals surface area contributed by atoms with E-state index in [-0.39, 0.29) is 47.9 Å². The van der Waals surface area contributed by atoms with Gasteiger partial charge in [-0.05, 0) is 39.0 Å². The van der Waals surface area contributed by atoms with Gasteiger partial charge in [-0.25, -0.2) is 4.99 Å². The van der Waals surface area contributed by atoms with Gasteiger partial charge < -0.3 is 16.4 Å². The summed E-state index contributed by atoms with van der Waals surface area (Å²) in [4.78, 5) is 15.7. The molecule has 0 heterocycles. The second-order valence-electron chi connectivity index (χ2n) is 5.35. The number of hydrogen-bond acceptors (Lipinski definition) is 2. The number of hydrogen-bond donors (Lipinski definition) is 3. The van der Waals surface area contributed by atoms with E-state index in [1.807, 2.05) is 20.8 Å². The van der Waals surface area contributed by atoms with Gasteiger partial charge in [-0.2, -0.15) is 0 Å². The molecule has 1 aromatic carbocycles. The Balaban J connectivity index is 0.00000400. The van der Waals surface area contributed by atoms with E-state index < -0.39 is 0 Å². The van der Waals surface area contributed by atoms with Gasteiger partial charge in [0.25, 0.3) is 0 Å². The van der Waals surface area contributed by atoms with Crippen LogP contribution in [0.1, 0.15) is 26.3 Å². The van der Waals surface area contributed by atoms with Gasteiger partial charge in [0.2, 0.25) is 5.91 Å². The maximum atomic E-state index is 11.7. The molecule has 0 aliphatic carbocycles. The third kappa shape index (κ3) is 8.19. The molecule has 0 radical (unpaired) electrons. The number of nitrogens with zero attached hydrogens (tertiary/aromatic N) is 1. The molecule has 5 nitrogen and oxygen atoms in total. The van der Waals surface area contributed by atoms with Crippen molar-refractivity contribution in [2.45, 2.75) is 26.3 Å². The summed E-state index contributed by atoms with van der Waals surface area (Å²) in [5, 5.41) is 5.69. The zero-order valence-corrected chi connectivity index (χ0v) is 14.8. The van der Waals surface area contributed by atoms with Gasteiger partial charge in [-0.1, -0.05) is 12.0 Å². The molecule has 0 aliphatic rings.